The molecule has 5 nitrogen and oxygen atoms in total. The van der Waals surface area contributed by atoms with Crippen LogP contribution in [0.15, 0.2) is 18.2 Å². The van der Waals surface area contributed by atoms with E-state index in [-0.39, 0.29) is 10.6 Å². The van der Waals surface area contributed by atoms with E-state index in [4.69, 9.17) is 0 Å². The summed E-state index contributed by atoms with van der Waals surface area (Å²) in [7, 11) is 1.70. The Balaban J connectivity index is 2.16. The van der Waals surface area contributed by atoms with Crippen LogP contribution in [-0.4, -0.2) is 41.0 Å². The molecule has 1 N–H and O–H groups in total. The molecule has 0 amide bonds. The third-order valence-electron chi connectivity index (χ3n) is 3.42. The fourth-order valence-corrected chi connectivity index (χ4v) is 3.35. The van der Waals surface area contributed by atoms with Crippen molar-refractivity contribution in [2.45, 2.75) is 19.5 Å². The standard InChI is InChI=1S/C13H19N3O2S/c1-10-9-19-6-5-15(10)8-11-3-4-12(14-2)13(7-11)16(17)18/h3-4,7,10,14H,5-6,8-9H2,1-2H3. The maximum Gasteiger partial charge on any atom is 0.292 e. The van der Waals surface area contributed by atoms with Crippen molar-refractivity contribution in [1.29, 1.82) is 0 Å². The third kappa shape index (κ3) is 3.39. The van der Waals surface area contributed by atoms with Gasteiger partial charge in [0.15, 0.2) is 0 Å². The molecule has 1 heterocycles. The summed E-state index contributed by atoms with van der Waals surface area (Å²) in [5.74, 6) is 2.28. The highest BCUT2D eigenvalue weighted by Gasteiger charge is 2.20. The molecule has 0 radical (unpaired) electrons. The minimum Gasteiger partial charge on any atom is -0.383 e. The summed E-state index contributed by atoms with van der Waals surface area (Å²) in [6.45, 7) is 4.04. The van der Waals surface area contributed by atoms with Gasteiger partial charge < -0.3 is 5.32 Å². The van der Waals surface area contributed by atoms with Crippen molar-refractivity contribution >= 4 is 23.1 Å². The molecule has 1 unspecified atom stereocenters. The second-order valence-electron chi connectivity index (χ2n) is 4.75. The molecule has 1 aromatic carbocycles. The third-order valence-corrected chi connectivity index (χ3v) is 4.61. The van der Waals surface area contributed by atoms with Crippen LogP contribution >= 0.6 is 11.8 Å². The lowest BCUT2D eigenvalue weighted by atomic mass is 10.1. The van der Waals surface area contributed by atoms with Crippen LogP contribution in [0.4, 0.5) is 11.4 Å². The SMILES string of the molecule is CNc1ccc(CN2CCSCC2C)cc1[N+](=O)[O-]. The number of hydrogen-bond acceptors (Lipinski definition) is 5. The van der Waals surface area contributed by atoms with Crippen molar-refractivity contribution in [2.24, 2.45) is 0 Å². The Kier molecular flexibility index (Phi) is 4.66. The molecule has 0 spiro atoms. The Bertz CT molecular complexity index is 467. The summed E-state index contributed by atoms with van der Waals surface area (Å²) in [6, 6.07) is 5.96. The lowest BCUT2D eigenvalue weighted by Gasteiger charge is -2.32. The van der Waals surface area contributed by atoms with Gasteiger partial charge >= 0.3 is 0 Å². The first-order valence-electron chi connectivity index (χ1n) is 6.38. The molecule has 104 valence electrons. The first-order chi connectivity index (χ1) is 9.11. The Morgan fingerprint density at radius 1 is 1.58 bits per heavy atom. The summed E-state index contributed by atoms with van der Waals surface area (Å²) >= 11 is 1.97. The zero-order valence-corrected chi connectivity index (χ0v) is 12.1. The summed E-state index contributed by atoms with van der Waals surface area (Å²) in [4.78, 5) is 13.1. The zero-order valence-electron chi connectivity index (χ0n) is 11.3. The molecule has 1 fully saturated rings. The number of nitrogens with zero attached hydrogens (tertiary/aromatic N) is 2. The van der Waals surface area contributed by atoms with Gasteiger partial charge in [-0.15, -0.1) is 0 Å². The van der Waals surface area contributed by atoms with Crippen LogP contribution < -0.4 is 5.32 Å². The van der Waals surface area contributed by atoms with Crippen LogP contribution in [-0.2, 0) is 6.54 Å². The number of nitro benzene ring substituents is 1. The van der Waals surface area contributed by atoms with E-state index in [2.05, 4.69) is 17.1 Å². The van der Waals surface area contributed by atoms with Gasteiger partial charge in [-0.3, -0.25) is 15.0 Å². The number of thioether (sulfide) groups is 1. The van der Waals surface area contributed by atoms with E-state index in [9.17, 15) is 10.1 Å². The average molecular weight is 281 g/mol. The first-order valence-corrected chi connectivity index (χ1v) is 7.54. The predicted molar refractivity (Wildman–Crippen MR) is 79.8 cm³/mol. The van der Waals surface area contributed by atoms with Crippen LogP contribution in [0.25, 0.3) is 0 Å². The smallest absolute Gasteiger partial charge is 0.292 e. The van der Waals surface area contributed by atoms with Gasteiger partial charge in [-0.2, -0.15) is 11.8 Å². The minimum absolute atomic E-state index is 0.152. The van der Waals surface area contributed by atoms with Crippen molar-refractivity contribution in [2.75, 3.05) is 30.4 Å². The van der Waals surface area contributed by atoms with Crippen LogP contribution in [0.3, 0.4) is 0 Å². The zero-order chi connectivity index (χ0) is 13.8. The molecule has 0 bridgehead atoms. The van der Waals surface area contributed by atoms with E-state index >= 15 is 0 Å². The largest absolute Gasteiger partial charge is 0.383 e. The topological polar surface area (TPSA) is 58.4 Å². The molecule has 1 atom stereocenters. The number of rotatable bonds is 4. The fourth-order valence-electron chi connectivity index (χ4n) is 2.27. The van der Waals surface area contributed by atoms with Gasteiger partial charge in [-0.25, -0.2) is 0 Å². The highest BCUT2D eigenvalue weighted by molar-refractivity contribution is 7.99. The van der Waals surface area contributed by atoms with E-state index in [0.29, 0.717) is 11.7 Å². The highest BCUT2D eigenvalue weighted by atomic mass is 32.2. The highest BCUT2D eigenvalue weighted by Crippen LogP contribution is 2.26. The van der Waals surface area contributed by atoms with Crippen LogP contribution in [0, 0.1) is 10.1 Å². The molecule has 19 heavy (non-hydrogen) atoms. The van der Waals surface area contributed by atoms with Crippen molar-refractivity contribution in [3.05, 3.63) is 33.9 Å². The lowest BCUT2D eigenvalue weighted by Crippen LogP contribution is -2.39. The van der Waals surface area contributed by atoms with Gasteiger partial charge in [0.2, 0.25) is 0 Å². The molecule has 1 aromatic rings. The molecule has 0 saturated carbocycles. The number of nitrogens with one attached hydrogen (secondary N) is 1. The normalized spacial score (nSPS) is 20.2. The van der Waals surface area contributed by atoms with Gasteiger partial charge in [-0.1, -0.05) is 6.07 Å². The molecule has 2 rings (SSSR count). The van der Waals surface area contributed by atoms with E-state index in [1.54, 1.807) is 19.2 Å². The monoisotopic (exact) mass is 281 g/mol. The van der Waals surface area contributed by atoms with Crippen molar-refractivity contribution in [1.82, 2.24) is 4.90 Å². The summed E-state index contributed by atoms with van der Waals surface area (Å²) < 4.78 is 0. The van der Waals surface area contributed by atoms with E-state index in [0.717, 1.165) is 30.2 Å². The second kappa shape index (κ2) is 6.25. The molecular formula is C13H19N3O2S. The Labute approximate surface area is 117 Å². The maximum atomic E-state index is 11.0. The van der Waals surface area contributed by atoms with Gasteiger partial charge in [0.05, 0.1) is 4.92 Å². The van der Waals surface area contributed by atoms with Crippen molar-refractivity contribution < 1.29 is 4.92 Å². The summed E-state index contributed by atoms with van der Waals surface area (Å²) in [5.41, 5.74) is 1.72. The van der Waals surface area contributed by atoms with Crippen molar-refractivity contribution in [3.63, 3.8) is 0 Å². The van der Waals surface area contributed by atoms with Gasteiger partial charge in [0.25, 0.3) is 5.69 Å². The summed E-state index contributed by atoms with van der Waals surface area (Å²) in [5, 5.41) is 13.9. The molecule has 0 aromatic heterocycles. The van der Waals surface area contributed by atoms with Gasteiger partial charge in [0.1, 0.15) is 5.69 Å². The van der Waals surface area contributed by atoms with Crippen LogP contribution in [0.5, 0.6) is 0 Å². The number of nitro groups is 1. The first kappa shape index (κ1) is 14.1. The number of hydrogen-bond donors (Lipinski definition) is 1. The van der Waals surface area contributed by atoms with Crippen molar-refractivity contribution in [3.8, 4) is 0 Å². The summed E-state index contributed by atoms with van der Waals surface area (Å²) in [6.07, 6.45) is 0. The Morgan fingerprint density at radius 3 is 3.00 bits per heavy atom. The van der Waals surface area contributed by atoms with E-state index in [1.807, 2.05) is 17.8 Å². The molecule has 1 saturated heterocycles. The maximum absolute atomic E-state index is 11.0. The van der Waals surface area contributed by atoms with E-state index in [1.165, 1.54) is 0 Å². The molecule has 1 aliphatic heterocycles. The fraction of sp³-hybridized carbons (Fsp3) is 0.538. The van der Waals surface area contributed by atoms with Crippen LogP contribution in [0.1, 0.15) is 12.5 Å². The molecular weight excluding hydrogens is 262 g/mol. The van der Waals surface area contributed by atoms with Gasteiger partial charge in [0, 0.05) is 43.8 Å². The minimum atomic E-state index is -0.329. The van der Waals surface area contributed by atoms with Gasteiger partial charge in [-0.05, 0) is 18.6 Å². The quantitative estimate of drug-likeness (QED) is 0.679. The molecule has 0 aliphatic carbocycles. The Morgan fingerprint density at radius 2 is 2.37 bits per heavy atom. The Hall–Kier alpha value is -1.27. The molecule has 1 aliphatic rings. The second-order valence-corrected chi connectivity index (χ2v) is 5.90. The predicted octanol–water partition coefficient (Wildman–Crippen LogP) is 2.57. The lowest BCUT2D eigenvalue weighted by molar-refractivity contribution is -0.384. The number of benzene rings is 1. The number of anilines is 1. The van der Waals surface area contributed by atoms with Crippen LogP contribution in [0.2, 0.25) is 0 Å². The van der Waals surface area contributed by atoms with E-state index < -0.39 is 0 Å². The molecule has 6 heteroatoms. The average Bonchev–Trinajstić information content (AvgIpc) is 2.41.